The first-order valence-electron chi connectivity index (χ1n) is 17.1. The van der Waals surface area contributed by atoms with E-state index in [-0.39, 0.29) is 0 Å². The highest BCUT2D eigenvalue weighted by Crippen LogP contribution is 2.32. The monoisotopic (exact) mass is 556 g/mol. The topological polar surface area (TPSA) is 46.5 Å². The molecule has 0 atom stereocenters. The van der Waals surface area contributed by atoms with Gasteiger partial charge in [0.15, 0.2) is 0 Å². The summed E-state index contributed by atoms with van der Waals surface area (Å²) in [5.41, 5.74) is 8.64. The number of unbranched alkanes of at least 4 members (excludes halogenated alkanes) is 15. The molecule has 0 aliphatic rings. The number of aryl methyl sites for hydroxylation is 4. The molecule has 0 spiro atoms. The van der Waals surface area contributed by atoms with Crippen LogP contribution in [0.15, 0.2) is 30.3 Å². The Bertz CT molecular complexity index is 1330. The first kappa shape index (κ1) is 31.3. The fourth-order valence-electron chi connectivity index (χ4n) is 6.58. The van der Waals surface area contributed by atoms with Crippen molar-refractivity contribution in [3.05, 3.63) is 52.8 Å². The number of nitrogens with zero attached hydrogens (tertiary/aromatic N) is 3. The summed E-state index contributed by atoms with van der Waals surface area (Å²) in [6, 6.07) is 11.1. The molecule has 2 aromatic heterocycles. The third kappa shape index (κ3) is 8.46. The van der Waals surface area contributed by atoms with E-state index in [0.29, 0.717) is 0 Å². The molecule has 0 saturated carbocycles. The summed E-state index contributed by atoms with van der Waals surface area (Å²) < 4.78 is 2.21. The van der Waals surface area contributed by atoms with Gasteiger partial charge in [-0.1, -0.05) is 122 Å². The van der Waals surface area contributed by atoms with Crippen molar-refractivity contribution < 1.29 is 0 Å². The van der Waals surface area contributed by atoms with Gasteiger partial charge >= 0.3 is 0 Å². The van der Waals surface area contributed by atoms with Gasteiger partial charge in [-0.25, -0.2) is 4.68 Å². The number of aromatic nitrogens is 4. The first-order valence-corrected chi connectivity index (χ1v) is 17.1. The highest BCUT2D eigenvalue weighted by molar-refractivity contribution is 5.91. The van der Waals surface area contributed by atoms with E-state index in [1.165, 1.54) is 154 Å². The van der Waals surface area contributed by atoms with Crippen molar-refractivity contribution in [1.82, 2.24) is 20.0 Å². The first-order chi connectivity index (χ1) is 20.2. The standard InChI is InChI=1S/C37H56N4/c1-5-7-9-11-13-15-17-18-20-24-31-37-30(4)34(28-27-32(37)39-38-31)41-35-26-22-23-29(3)36(35)33(40-41)25-21-19-16-14-12-10-8-6-2/h22-23,26-28H,5-21,24-25H2,1-4H3,(H,38,39). The maximum Gasteiger partial charge on any atom is 0.0927 e. The molecule has 0 bridgehead atoms. The second kappa shape index (κ2) is 16.7. The number of benzene rings is 2. The smallest absolute Gasteiger partial charge is 0.0927 e. The largest absolute Gasteiger partial charge is 0.281 e. The van der Waals surface area contributed by atoms with E-state index in [9.17, 15) is 0 Å². The molecular weight excluding hydrogens is 500 g/mol. The van der Waals surface area contributed by atoms with E-state index < -0.39 is 0 Å². The Hall–Kier alpha value is -2.62. The van der Waals surface area contributed by atoms with Gasteiger partial charge in [-0.15, -0.1) is 0 Å². The zero-order valence-electron chi connectivity index (χ0n) is 26.7. The zero-order valence-corrected chi connectivity index (χ0v) is 26.7. The van der Waals surface area contributed by atoms with Crippen molar-refractivity contribution in [3.63, 3.8) is 0 Å². The Morgan fingerprint density at radius 2 is 1.22 bits per heavy atom. The highest BCUT2D eigenvalue weighted by atomic mass is 15.3. The molecule has 4 nitrogen and oxygen atoms in total. The molecule has 2 aromatic carbocycles. The summed E-state index contributed by atoms with van der Waals surface area (Å²) in [4.78, 5) is 0. The molecule has 4 rings (SSSR count). The van der Waals surface area contributed by atoms with Gasteiger partial charge < -0.3 is 0 Å². The summed E-state index contributed by atoms with van der Waals surface area (Å²) >= 11 is 0. The molecule has 224 valence electrons. The summed E-state index contributed by atoms with van der Waals surface area (Å²) in [7, 11) is 0. The van der Waals surface area contributed by atoms with Gasteiger partial charge in [0.2, 0.25) is 0 Å². The molecule has 0 fully saturated rings. The predicted molar refractivity (Wildman–Crippen MR) is 177 cm³/mol. The molecule has 2 heterocycles. The van der Waals surface area contributed by atoms with Crippen LogP contribution in [0.2, 0.25) is 0 Å². The molecule has 0 aliphatic carbocycles. The lowest BCUT2D eigenvalue weighted by molar-refractivity contribution is 0.564. The van der Waals surface area contributed by atoms with Crippen LogP contribution in [-0.2, 0) is 12.8 Å². The van der Waals surface area contributed by atoms with Crippen LogP contribution >= 0.6 is 0 Å². The van der Waals surface area contributed by atoms with Gasteiger partial charge in [-0.3, -0.25) is 5.10 Å². The van der Waals surface area contributed by atoms with Crippen molar-refractivity contribution >= 4 is 21.8 Å². The van der Waals surface area contributed by atoms with Crippen molar-refractivity contribution in [2.75, 3.05) is 0 Å². The Kier molecular flexibility index (Phi) is 12.8. The number of hydrogen-bond acceptors (Lipinski definition) is 2. The fraction of sp³-hybridized carbons (Fsp3) is 0.622. The summed E-state index contributed by atoms with van der Waals surface area (Å²) in [6.07, 6.45) is 25.0. The molecule has 4 heteroatoms. The summed E-state index contributed by atoms with van der Waals surface area (Å²) in [5, 5.41) is 16.0. The molecular formula is C37H56N4. The summed E-state index contributed by atoms with van der Waals surface area (Å²) in [5.74, 6) is 0. The van der Waals surface area contributed by atoms with Crippen LogP contribution in [0.4, 0.5) is 0 Å². The SMILES string of the molecule is CCCCCCCCCCCc1[nH]nc2ccc(-n3nc(CCCCCCCCCC)c4c(C)cccc43)c(C)c12. The van der Waals surface area contributed by atoms with Crippen molar-refractivity contribution in [2.24, 2.45) is 0 Å². The molecule has 1 N–H and O–H groups in total. The third-order valence-corrected chi connectivity index (χ3v) is 9.04. The average molecular weight is 557 g/mol. The highest BCUT2D eigenvalue weighted by Gasteiger charge is 2.18. The second-order valence-corrected chi connectivity index (χ2v) is 12.4. The zero-order chi connectivity index (χ0) is 28.9. The van der Waals surface area contributed by atoms with E-state index in [2.05, 4.69) is 72.9 Å². The quantitative estimate of drug-likeness (QED) is 0.110. The minimum Gasteiger partial charge on any atom is -0.281 e. The Morgan fingerprint density at radius 1 is 0.634 bits per heavy atom. The van der Waals surface area contributed by atoms with Crippen LogP contribution in [-0.4, -0.2) is 20.0 Å². The van der Waals surface area contributed by atoms with Crippen molar-refractivity contribution in [2.45, 2.75) is 150 Å². The Morgan fingerprint density at radius 3 is 1.85 bits per heavy atom. The molecule has 41 heavy (non-hydrogen) atoms. The lowest BCUT2D eigenvalue weighted by Gasteiger charge is -2.10. The van der Waals surface area contributed by atoms with Crippen LogP contribution < -0.4 is 0 Å². The van der Waals surface area contributed by atoms with Crippen LogP contribution in [0.25, 0.3) is 27.5 Å². The minimum atomic E-state index is 1.06. The normalized spacial score (nSPS) is 11.8. The predicted octanol–water partition coefficient (Wildman–Crippen LogP) is 11.3. The van der Waals surface area contributed by atoms with E-state index >= 15 is 0 Å². The maximum absolute atomic E-state index is 5.27. The van der Waals surface area contributed by atoms with Gasteiger partial charge in [0.1, 0.15) is 0 Å². The lowest BCUT2D eigenvalue weighted by atomic mass is 10.0. The molecule has 4 aromatic rings. The second-order valence-electron chi connectivity index (χ2n) is 12.4. The van der Waals surface area contributed by atoms with Gasteiger partial charge in [0, 0.05) is 16.5 Å². The third-order valence-electron chi connectivity index (χ3n) is 9.04. The molecule has 0 saturated heterocycles. The van der Waals surface area contributed by atoms with Gasteiger partial charge in [-0.2, -0.15) is 10.2 Å². The van der Waals surface area contributed by atoms with Crippen molar-refractivity contribution in [1.29, 1.82) is 0 Å². The van der Waals surface area contributed by atoms with Crippen LogP contribution in [0.3, 0.4) is 0 Å². The molecule has 0 aliphatic heterocycles. The number of H-pyrrole nitrogens is 1. The molecule has 0 radical (unpaired) electrons. The maximum atomic E-state index is 5.27. The number of nitrogens with one attached hydrogen (secondary N) is 1. The minimum absolute atomic E-state index is 1.06. The number of hydrogen-bond donors (Lipinski definition) is 1. The van der Waals surface area contributed by atoms with Crippen LogP contribution in [0.5, 0.6) is 0 Å². The van der Waals surface area contributed by atoms with Gasteiger partial charge in [0.25, 0.3) is 0 Å². The fourth-order valence-corrected chi connectivity index (χ4v) is 6.58. The van der Waals surface area contributed by atoms with E-state index in [1.54, 1.807) is 0 Å². The summed E-state index contributed by atoms with van der Waals surface area (Å²) in [6.45, 7) is 9.07. The Labute approximate surface area is 249 Å². The molecule has 0 amide bonds. The molecule has 0 unspecified atom stereocenters. The van der Waals surface area contributed by atoms with E-state index in [4.69, 9.17) is 5.10 Å². The van der Waals surface area contributed by atoms with Gasteiger partial charge in [0.05, 0.1) is 22.4 Å². The Balaban J connectivity index is 1.43. The number of rotatable bonds is 20. The van der Waals surface area contributed by atoms with Crippen molar-refractivity contribution in [3.8, 4) is 5.69 Å². The lowest BCUT2D eigenvalue weighted by Crippen LogP contribution is -2.01. The van der Waals surface area contributed by atoms with Gasteiger partial charge in [-0.05, 0) is 68.9 Å². The van der Waals surface area contributed by atoms with E-state index in [0.717, 1.165) is 18.4 Å². The average Bonchev–Trinajstić information content (AvgIpc) is 3.56. The van der Waals surface area contributed by atoms with Crippen LogP contribution in [0, 0.1) is 13.8 Å². The van der Waals surface area contributed by atoms with E-state index in [1.807, 2.05) is 0 Å². The van der Waals surface area contributed by atoms with Crippen LogP contribution in [0.1, 0.15) is 146 Å². The number of aromatic amines is 1. The number of fused-ring (bicyclic) bond motifs is 2.